The zero-order valence-corrected chi connectivity index (χ0v) is 21.7. The van der Waals surface area contributed by atoms with Crippen LogP contribution in [-0.4, -0.2) is 69.1 Å². The monoisotopic (exact) mass is 542 g/mol. The Balaban J connectivity index is 2.20. The lowest BCUT2D eigenvalue weighted by Crippen LogP contribution is -2.59. The third-order valence-corrected chi connectivity index (χ3v) is 5.88. The van der Waals surface area contributed by atoms with Gasteiger partial charge in [0.2, 0.25) is 17.7 Å². The molecule has 2 rings (SSSR count). The smallest absolute Gasteiger partial charge is 0.326 e. The van der Waals surface area contributed by atoms with Crippen molar-refractivity contribution < 1.29 is 39.3 Å². The first-order chi connectivity index (χ1) is 18.4. The molecule has 0 spiro atoms. The van der Waals surface area contributed by atoms with Crippen LogP contribution in [0.1, 0.15) is 31.4 Å². The van der Waals surface area contributed by atoms with Crippen molar-refractivity contribution >= 4 is 29.7 Å². The minimum absolute atomic E-state index is 0.0226. The summed E-state index contributed by atoms with van der Waals surface area (Å²) >= 11 is 0. The second-order valence-electron chi connectivity index (χ2n) is 9.46. The third kappa shape index (κ3) is 10.1. The van der Waals surface area contributed by atoms with Crippen LogP contribution in [0, 0.1) is 5.92 Å². The highest BCUT2D eigenvalue weighted by molar-refractivity contribution is 5.95. The fourth-order valence-electron chi connectivity index (χ4n) is 3.74. The number of nitrogens with two attached hydrogens (primary N) is 1. The maximum absolute atomic E-state index is 13.3. The van der Waals surface area contributed by atoms with Gasteiger partial charge >= 0.3 is 11.9 Å². The minimum atomic E-state index is -1.73. The van der Waals surface area contributed by atoms with E-state index in [0.29, 0.717) is 5.56 Å². The molecule has 4 unspecified atom stereocenters. The van der Waals surface area contributed by atoms with Crippen LogP contribution in [0.5, 0.6) is 5.75 Å². The molecule has 210 valence electrons. The zero-order chi connectivity index (χ0) is 29.1. The molecule has 0 aliphatic carbocycles. The Morgan fingerprint density at radius 2 is 1.31 bits per heavy atom. The van der Waals surface area contributed by atoms with Gasteiger partial charge in [0.05, 0.1) is 12.5 Å². The fraction of sp³-hybridized carbons (Fsp3) is 0.370. The molecule has 0 saturated carbocycles. The molecule has 8 N–H and O–H groups in total. The second kappa shape index (κ2) is 14.5. The van der Waals surface area contributed by atoms with Crippen molar-refractivity contribution in [2.24, 2.45) is 11.7 Å². The number of phenols is 1. The van der Waals surface area contributed by atoms with Crippen molar-refractivity contribution in [2.45, 2.75) is 57.3 Å². The van der Waals surface area contributed by atoms with Crippen LogP contribution in [0.15, 0.2) is 54.6 Å². The second-order valence-corrected chi connectivity index (χ2v) is 9.46. The maximum Gasteiger partial charge on any atom is 0.326 e. The molecule has 4 atom stereocenters. The van der Waals surface area contributed by atoms with Gasteiger partial charge in [-0.15, -0.1) is 0 Å². The molecule has 0 aliphatic rings. The molecule has 0 aromatic heterocycles. The van der Waals surface area contributed by atoms with Gasteiger partial charge in [0.25, 0.3) is 0 Å². The Morgan fingerprint density at radius 1 is 0.744 bits per heavy atom. The predicted octanol–water partition coefficient (Wildman–Crippen LogP) is 0.174. The van der Waals surface area contributed by atoms with E-state index in [1.54, 1.807) is 13.8 Å². The molecular weight excluding hydrogens is 508 g/mol. The van der Waals surface area contributed by atoms with Crippen molar-refractivity contribution in [1.82, 2.24) is 16.0 Å². The number of carboxylic acid groups (broad SMARTS) is 2. The largest absolute Gasteiger partial charge is 0.508 e. The van der Waals surface area contributed by atoms with E-state index in [1.807, 2.05) is 30.3 Å². The number of aliphatic carboxylic acids is 2. The Bertz CT molecular complexity index is 1150. The van der Waals surface area contributed by atoms with Crippen LogP contribution in [0.4, 0.5) is 0 Å². The maximum atomic E-state index is 13.3. The number of carbonyl (C=O) groups excluding carboxylic acids is 3. The molecule has 12 nitrogen and oxygen atoms in total. The molecule has 0 heterocycles. The van der Waals surface area contributed by atoms with E-state index in [1.165, 1.54) is 24.3 Å². The number of phenolic OH excluding ortho intramolecular Hbond substituents is 1. The first kappa shape index (κ1) is 30.8. The van der Waals surface area contributed by atoms with Crippen LogP contribution in [-0.2, 0) is 36.8 Å². The minimum Gasteiger partial charge on any atom is -0.508 e. The molecule has 3 amide bonds. The van der Waals surface area contributed by atoms with E-state index >= 15 is 0 Å². The van der Waals surface area contributed by atoms with E-state index in [4.69, 9.17) is 10.8 Å². The number of hydrogen-bond acceptors (Lipinski definition) is 7. The average Bonchev–Trinajstić information content (AvgIpc) is 2.87. The number of carboxylic acids is 2. The molecule has 2 aromatic carbocycles. The van der Waals surface area contributed by atoms with Crippen LogP contribution >= 0.6 is 0 Å². The lowest BCUT2D eigenvalue weighted by molar-refractivity contribution is -0.147. The molecule has 39 heavy (non-hydrogen) atoms. The summed E-state index contributed by atoms with van der Waals surface area (Å²) in [4.78, 5) is 61.6. The number of amides is 3. The van der Waals surface area contributed by atoms with Crippen LogP contribution in [0.25, 0.3) is 0 Å². The Morgan fingerprint density at radius 3 is 1.85 bits per heavy atom. The molecule has 0 aliphatic heterocycles. The molecule has 0 radical (unpaired) electrons. The van der Waals surface area contributed by atoms with Gasteiger partial charge < -0.3 is 37.0 Å². The normalized spacial score (nSPS) is 13.9. The van der Waals surface area contributed by atoms with E-state index in [0.717, 1.165) is 5.56 Å². The summed E-state index contributed by atoms with van der Waals surface area (Å²) in [5, 5.41) is 35.2. The van der Waals surface area contributed by atoms with Gasteiger partial charge in [-0.3, -0.25) is 19.2 Å². The van der Waals surface area contributed by atoms with Gasteiger partial charge in [0, 0.05) is 6.42 Å². The third-order valence-electron chi connectivity index (χ3n) is 5.88. The topological polar surface area (TPSA) is 208 Å². The first-order valence-electron chi connectivity index (χ1n) is 12.3. The fourth-order valence-corrected chi connectivity index (χ4v) is 3.74. The molecule has 0 bridgehead atoms. The standard InChI is InChI=1S/C27H34N4O8/c1-15(2)23(31-24(35)19(28)12-16-6-4-3-5-7-16)26(37)29-20(13-17-8-10-18(32)11-9-17)25(36)30-21(27(38)39)14-22(33)34/h3-11,15,19-21,23,32H,12-14,28H2,1-2H3,(H,29,37)(H,30,36)(H,31,35)(H,33,34)(H,38,39). The van der Waals surface area contributed by atoms with Gasteiger partial charge in [0.1, 0.15) is 23.9 Å². The SMILES string of the molecule is CC(C)C(NC(=O)C(N)Cc1ccccc1)C(=O)NC(Cc1ccc(O)cc1)C(=O)NC(CC(=O)O)C(=O)O. The Kier molecular flexibility index (Phi) is 11.4. The summed E-state index contributed by atoms with van der Waals surface area (Å²) in [6, 6.07) is 9.80. The van der Waals surface area contributed by atoms with E-state index in [2.05, 4.69) is 16.0 Å². The van der Waals surface area contributed by atoms with E-state index in [-0.39, 0.29) is 18.6 Å². The first-order valence-corrected chi connectivity index (χ1v) is 12.3. The highest BCUT2D eigenvalue weighted by Gasteiger charge is 2.32. The summed E-state index contributed by atoms with van der Waals surface area (Å²) in [6.07, 6.45) is -0.736. The molecular formula is C27H34N4O8. The summed E-state index contributed by atoms with van der Waals surface area (Å²) in [7, 11) is 0. The van der Waals surface area contributed by atoms with Crippen LogP contribution < -0.4 is 21.7 Å². The summed E-state index contributed by atoms with van der Waals surface area (Å²) in [6.45, 7) is 3.38. The van der Waals surface area contributed by atoms with Crippen molar-refractivity contribution in [2.75, 3.05) is 0 Å². The van der Waals surface area contributed by atoms with Gasteiger partial charge in [-0.1, -0.05) is 56.3 Å². The number of hydrogen-bond donors (Lipinski definition) is 7. The average molecular weight is 543 g/mol. The Labute approximate surface area is 225 Å². The Hall–Kier alpha value is -4.45. The van der Waals surface area contributed by atoms with Gasteiger partial charge in [0.15, 0.2) is 0 Å². The number of aromatic hydroxyl groups is 1. The lowest BCUT2D eigenvalue weighted by Gasteiger charge is -2.27. The van der Waals surface area contributed by atoms with Crippen molar-refractivity contribution in [3.63, 3.8) is 0 Å². The van der Waals surface area contributed by atoms with Crippen LogP contribution in [0.3, 0.4) is 0 Å². The highest BCUT2D eigenvalue weighted by atomic mass is 16.4. The zero-order valence-electron chi connectivity index (χ0n) is 21.7. The van der Waals surface area contributed by atoms with Crippen molar-refractivity contribution in [1.29, 1.82) is 0 Å². The number of benzene rings is 2. The highest BCUT2D eigenvalue weighted by Crippen LogP contribution is 2.13. The number of rotatable bonds is 14. The quantitative estimate of drug-likeness (QED) is 0.173. The summed E-state index contributed by atoms with van der Waals surface area (Å²) < 4.78 is 0. The van der Waals surface area contributed by atoms with Gasteiger partial charge in [-0.2, -0.15) is 0 Å². The van der Waals surface area contributed by atoms with Gasteiger partial charge in [-0.05, 0) is 35.6 Å². The van der Waals surface area contributed by atoms with Crippen LogP contribution in [0.2, 0.25) is 0 Å². The molecule has 0 saturated heterocycles. The number of carbonyl (C=O) groups is 5. The molecule has 2 aromatic rings. The lowest BCUT2D eigenvalue weighted by atomic mass is 9.99. The van der Waals surface area contributed by atoms with Crippen molar-refractivity contribution in [3.8, 4) is 5.75 Å². The van der Waals surface area contributed by atoms with Gasteiger partial charge in [-0.25, -0.2) is 4.79 Å². The molecule has 0 fully saturated rings. The number of nitrogens with one attached hydrogen (secondary N) is 3. The molecule has 12 heteroatoms. The predicted molar refractivity (Wildman–Crippen MR) is 140 cm³/mol. The van der Waals surface area contributed by atoms with E-state index in [9.17, 15) is 34.2 Å². The van der Waals surface area contributed by atoms with E-state index < -0.39 is 66.2 Å². The summed E-state index contributed by atoms with van der Waals surface area (Å²) in [5.41, 5.74) is 7.41. The van der Waals surface area contributed by atoms with Crippen molar-refractivity contribution in [3.05, 3.63) is 65.7 Å². The summed E-state index contributed by atoms with van der Waals surface area (Å²) in [5.74, 6) is -5.63.